The number of nitrogens with zero attached hydrogens (tertiary/aromatic N) is 1. The minimum absolute atomic E-state index is 0.611. The number of ether oxygens (including phenoxy) is 2. The summed E-state index contributed by atoms with van der Waals surface area (Å²) >= 11 is 0. The van der Waals surface area contributed by atoms with E-state index in [1.165, 1.54) is 6.42 Å². The van der Waals surface area contributed by atoms with Gasteiger partial charge in [-0.2, -0.15) is 0 Å². The molecule has 1 fully saturated rings. The van der Waals surface area contributed by atoms with E-state index in [4.69, 9.17) is 9.47 Å². The molecule has 2 rings (SSSR count). The average molecular weight is 236 g/mol. The molecule has 94 valence electrons. The topological polar surface area (TPSA) is 43.4 Å². The van der Waals surface area contributed by atoms with Crippen LogP contribution in [0.25, 0.3) is 0 Å². The zero-order valence-corrected chi connectivity index (χ0v) is 10.3. The van der Waals surface area contributed by atoms with Crippen molar-refractivity contribution in [2.75, 3.05) is 26.3 Å². The summed E-state index contributed by atoms with van der Waals surface area (Å²) in [6.45, 7) is 5.56. The first-order valence-corrected chi connectivity index (χ1v) is 6.31. The van der Waals surface area contributed by atoms with Crippen molar-refractivity contribution in [1.82, 2.24) is 10.3 Å². The van der Waals surface area contributed by atoms with Gasteiger partial charge >= 0.3 is 0 Å². The lowest BCUT2D eigenvalue weighted by molar-refractivity contribution is 0.248. The second kappa shape index (κ2) is 6.45. The lowest BCUT2D eigenvalue weighted by Crippen LogP contribution is -2.12. The first-order chi connectivity index (χ1) is 8.40. The molecule has 0 aromatic carbocycles. The van der Waals surface area contributed by atoms with Crippen molar-refractivity contribution in [2.24, 2.45) is 5.92 Å². The van der Waals surface area contributed by atoms with Gasteiger partial charge in [-0.05, 0) is 50.9 Å². The average Bonchev–Trinajstić information content (AvgIpc) is 2.85. The Labute approximate surface area is 102 Å². The van der Waals surface area contributed by atoms with Crippen LogP contribution in [0.1, 0.15) is 19.8 Å². The monoisotopic (exact) mass is 236 g/mol. The number of hydrogen-bond donors (Lipinski definition) is 1. The lowest BCUT2D eigenvalue weighted by Gasteiger charge is -2.12. The van der Waals surface area contributed by atoms with Crippen LogP contribution in [0.3, 0.4) is 0 Å². The van der Waals surface area contributed by atoms with E-state index < -0.39 is 0 Å². The summed E-state index contributed by atoms with van der Waals surface area (Å²) in [5, 5.41) is 3.36. The van der Waals surface area contributed by atoms with Crippen LogP contribution in [0.4, 0.5) is 0 Å². The van der Waals surface area contributed by atoms with Crippen molar-refractivity contribution in [2.45, 2.75) is 19.8 Å². The third kappa shape index (κ3) is 3.60. The van der Waals surface area contributed by atoms with Gasteiger partial charge < -0.3 is 14.8 Å². The molecule has 0 spiro atoms. The molecule has 1 saturated heterocycles. The van der Waals surface area contributed by atoms with Crippen molar-refractivity contribution in [3.8, 4) is 11.6 Å². The van der Waals surface area contributed by atoms with Gasteiger partial charge in [0.25, 0.3) is 5.88 Å². The van der Waals surface area contributed by atoms with Gasteiger partial charge in [0.05, 0.1) is 13.2 Å². The Kier molecular flexibility index (Phi) is 4.62. The minimum atomic E-state index is 0.611. The van der Waals surface area contributed by atoms with Crippen LogP contribution in [0, 0.1) is 5.92 Å². The largest absolute Gasteiger partial charge is 0.488 e. The van der Waals surface area contributed by atoms with Crippen LogP contribution in [-0.4, -0.2) is 31.3 Å². The standard InChI is InChI=1S/C13H20N2O2/c1-2-16-12-4-3-7-15-13(12)17-9-6-11-5-8-14-10-11/h3-4,7,11,14H,2,5-6,8-10H2,1H3. The molecular formula is C13H20N2O2. The highest BCUT2D eigenvalue weighted by molar-refractivity contribution is 5.32. The van der Waals surface area contributed by atoms with E-state index in [2.05, 4.69) is 10.3 Å². The third-order valence-electron chi connectivity index (χ3n) is 2.96. The molecule has 2 heterocycles. The van der Waals surface area contributed by atoms with Gasteiger partial charge in [0.15, 0.2) is 5.75 Å². The van der Waals surface area contributed by atoms with Crippen molar-refractivity contribution in [3.63, 3.8) is 0 Å². The van der Waals surface area contributed by atoms with Crippen LogP contribution in [0.2, 0.25) is 0 Å². The number of rotatable bonds is 6. The van der Waals surface area contributed by atoms with E-state index in [1.807, 2.05) is 19.1 Å². The van der Waals surface area contributed by atoms with Gasteiger partial charge in [0.1, 0.15) is 0 Å². The fourth-order valence-corrected chi connectivity index (χ4v) is 2.03. The second-order valence-electron chi connectivity index (χ2n) is 4.24. The molecule has 0 radical (unpaired) electrons. The maximum atomic E-state index is 5.69. The predicted molar refractivity (Wildman–Crippen MR) is 66.5 cm³/mol. The Hall–Kier alpha value is -1.29. The maximum Gasteiger partial charge on any atom is 0.256 e. The molecule has 1 atom stereocenters. The van der Waals surface area contributed by atoms with Gasteiger partial charge in [-0.15, -0.1) is 0 Å². The molecule has 1 unspecified atom stereocenters. The Morgan fingerprint density at radius 2 is 2.41 bits per heavy atom. The maximum absolute atomic E-state index is 5.69. The summed E-state index contributed by atoms with van der Waals surface area (Å²) in [6, 6.07) is 3.75. The van der Waals surface area contributed by atoms with Gasteiger partial charge in [-0.3, -0.25) is 0 Å². The molecule has 1 aliphatic heterocycles. The zero-order chi connectivity index (χ0) is 11.9. The molecule has 0 aliphatic carbocycles. The third-order valence-corrected chi connectivity index (χ3v) is 2.96. The van der Waals surface area contributed by atoms with E-state index in [0.29, 0.717) is 19.1 Å². The first kappa shape index (κ1) is 12.2. The summed E-state index contributed by atoms with van der Waals surface area (Å²) in [7, 11) is 0. The molecule has 1 aliphatic rings. The van der Waals surface area contributed by atoms with Crippen molar-refractivity contribution in [1.29, 1.82) is 0 Å². The Bertz CT molecular complexity index is 338. The van der Waals surface area contributed by atoms with Crippen LogP contribution < -0.4 is 14.8 Å². The van der Waals surface area contributed by atoms with Crippen molar-refractivity contribution >= 4 is 0 Å². The fraction of sp³-hybridized carbons (Fsp3) is 0.615. The van der Waals surface area contributed by atoms with Crippen molar-refractivity contribution < 1.29 is 9.47 Å². The summed E-state index contributed by atoms with van der Waals surface area (Å²) < 4.78 is 11.1. The Morgan fingerprint density at radius 3 is 3.18 bits per heavy atom. The highest BCUT2D eigenvalue weighted by Gasteiger charge is 2.14. The molecule has 0 amide bonds. The number of aromatic nitrogens is 1. The summed E-state index contributed by atoms with van der Waals surface area (Å²) in [6.07, 6.45) is 4.06. The van der Waals surface area contributed by atoms with Gasteiger partial charge in [-0.1, -0.05) is 0 Å². The van der Waals surface area contributed by atoms with Crippen LogP contribution >= 0.6 is 0 Å². The first-order valence-electron chi connectivity index (χ1n) is 6.31. The van der Waals surface area contributed by atoms with Crippen LogP contribution in [0.15, 0.2) is 18.3 Å². The Balaban J connectivity index is 1.80. The fourth-order valence-electron chi connectivity index (χ4n) is 2.03. The summed E-state index contributed by atoms with van der Waals surface area (Å²) in [5.41, 5.74) is 0. The molecular weight excluding hydrogens is 216 g/mol. The molecule has 0 saturated carbocycles. The van der Waals surface area contributed by atoms with E-state index in [0.717, 1.165) is 31.2 Å². The molecule has 1 aromatic rings. The summed E-state index contributed by atoms with van der Waals surface area (Å²) in [5.74, 6) is 2.09. The normalized spacial score (nSPS) is 19.2. The molecule has 1 aromatic heterocycles. The summed E-state index contributed by atoms with van der Waals surface area (Å²) in [4.78, 5) is 4.20. The quantitative estimate of drug-likeness (QED) is 0.818. The highest BCUT2D eigenvalue weighted by atomic mass is 16.5. The molecule has 1 N–H and O–H groups in total. The smallest absolute Gasteiger partial charge is 0.256 e. The van der Waals surface area contributed by atoms with E-state index in [9.17, 15) is 0 Å². The SMILES string of the molecule is CCOc1cccnc1OCCC1CCNC1. The van der Waals surface area contributed by atoms with E-state index in [1.54, 1.807) is 6.20 Å². The van der Waals surface area contributed by atoms with Gasteiger partial charge in [0.2, 0.25) is 0 Å². The van der Waals surface area contributed by atoms with E-state index >= 15 is 0 Å². The van der Waals surface area contributed by atoms with Gasteiger partial charge in [-0.25, -0.2) is 4.98 Å². The molecule has 4 nitrogen and oxygen atoms in total. The molecule has 4 heteroatoms. The van der Waals surface area contributed by atoms with Crippen molar-refractivity contribution in [3.05, 3.63) is 18.3 Å². The predicted octanol–water partition coefficient (Wildman–Crippen LogP) is 1.86. The number of hydrogen-bond acceptors (Lipinski definition) is 4. The van der Waals surface area contributed by atoms with E-state index in [-0.39, 0.29) is 0 Å². The van der Waals surface area contributed by atoms with Crippen LogP contribution in [-0.2, 0) is 0 Å². The Morgan fingerprint density at radius 1 is 1.47 bits per heavy atom. The lowest BCUT2D eigenvalue weighted by atomic mass is 10.1. The zero-order valence-electron chi connectivity index (χ0n) is 10.3. The molecule has 17 heavy (non-hydrogen) atoms. The highest BCUT2D eigenvalue weighted by Crippen LogP contribution is 2.24. The second-order valence-corrected chi connectivity index (χ2v) is 4.24. The minimum Gasteiger partial charge on any atom is -0.488 e. The molecule has 0 bridgehead atoms. The number of nitrogens with one attached hydrogen (secondary N) is 1. The van der Waals surface area contributed by atoms with Gasteiger partial charge in [0, 0.05) is 6.20 Å². The van der Waals surface area contributed by atoms with Crippen LogP contribution in [0.5, 0.6) is 11.6 Å². The number of pyridine rings is 1.